The minimum atomic E-state index is -0.501. The predicted octanol–water partition coefficient (Wildman–Crippen LogP) is 1.51. The largest absolute Gasteiger partial charge is 0.379 e. The van der Waals surface area contributed by atoms with Crippen molar-refractivity contribution in [1.29, 1.82) is 0 Å². The number of nitrogens with zero attached hydrogens (tertiary/aromatic N) is 1. The first-order valence-corrected chi connectivity index (χ1v) is 8.27. The molecular formula is C18H29N3O2. The van der Waals surface area contributed by atoms with E-state index in [9.17, 15) is 4.79 Å². The molecule has 0 radical (unpaired) electrons. The number of carbonyl (C=O) groups excluding carboxylic acids is 1. The molecular weight excluding hydrogens is 290 g/mol. The van der Waals surface area contributed by atoms with Crippen LogP contribution in [0.4, 0.5) is 0 Å². The van der Waals surface area contributed by atoms with E-state index in [4.69, 9.17) is 10.5 Å². The van der Waals surface area contributed by atoms with Crippen molar-refractivity contribution in [2.75, 3.05) is 26.3 Å². The number of nitrogens with one attached hydrogen (secondary N) is 1. The van der Waals surface area contributed by atoms with Crippen LogP contribution in [-0.4, -0.2) is 43.2 Å². The first-order chi connectivity index (χ1) is 10.9. The summed E-state index contributed by atoms with van der Waals surface area (Å²) >= 11 is 0. The van der Waals surface area contributed by atoms with Gasteiger partial charge in [0, 0.05) is 26.2 Å². The Bertz CT molecular complexity index is 519. The number of nitrogens with two attached hydrogens (primary N) is 1. The standard InChI is InChI=1S/C18H29N3O2/c1-18(2,3)16(19)17(22)20-12-14-5-4-6-15(11-14)13-21-7-9-23-10-8-21/h4-6,11,16H,7-10,12-13,19H2,1-3H3,(H,20,22)/t16-/m1/s1. The molecule has 5 nitrogen and oxygen atoms in total. The highest BCUT2D eigenvalue weighted by Gasteiger charge is 2.27. The zero-order chi connectivity index (χ0) is 16.9. The Morgan fingerprint density at radius 2 is 1.96 bits per heavy atom. The zero-order valence-corrected chi connectivity index (χ0v) is 14.5. The Balaban J connectivity index is 1.88. The van der Waals surface area contributed by atoms with Gasteiger partial charge in [-0.3, -0.25) is 9.69 Å². The number of hydrogen-bond acceptors (Lipinski definition) is 4. The molecule has 128 valence electrons. The highest BCUT2D eigenvalue weighted by Crippen LogP contribution is 2.17. The van der Waals surface area contributed by atoms with Crippen LogP contribution in [0.3, 0.4) is 0 Å². The van der Waals surface area contributed by atoms with Crippen LogP contribution >= 0.6 is 0 Å². The van der Waals surface area contributed by atoms with Crippen LogP contribution in [0.2, 0.25) is 0 Å². The van der Waals surface area contributed by atoms with Gasteiger partial charge in [-0.2, -0.15) is 0 Å². The predicted molar refractivity (Wildman–Crippen MR) is 91.8 cm³/mol. The van der Waals surface area contributed by atoms with Gasteiger partial charge < -0.3 is 15.8 Å². The Morgan fingerprint density at radius 3 is 2.61 bits per heavy atom. The summed E-state index contributed by atoms with van der Waals surface area (Å²) < 4.78 is 5.37. The molecule has 1 fully saturated rings. The first kappa shape index (κ1) is 17.9. The molecule has 1 atom stereocenters. The second-order valence-corrected chi connectivity index (χ2v) is 7.27. The third kappa shape index (κ3) is 5.61. The highest BCUT2D eigenvalue weighted by molar-refractivity contribution is 5.82. The average molecular weight is 319 g/mol. The van der Waals surface area contributed by atoms with E-state index < -0.39 is 6.04 Å². The maximum absolute atomic E-state index is 12.1. The van der Waals surface area contributed by atoms with Crippen molar-refractivity contribution in [3.8, 4) is 0 Å². The minimum Gasteiger partial charge on any atom is -0.379 e. The monoisotopic (exact) mass is 319 g/mol. The smallest absolute Gasteiger partial charge is 0.237 e. The Kier molecular flexibility index (Phi) is 6.16. The molecule has 1 aliphatic rings. The van der Waals surface area contributed by atoms with Gasteiger partial charge in [0.15, 0.2) is 0 Å². The third-order valence-corrected chi connectivity index (χ3v) is 4.18. The molecule has 1 heterocycles. The van der Waals surface area contributed by atoms with Gasteiger partial charge in [-0.05, 0) is 16.5 Å². The fourth-order valence-electron chi connectivity index (χ4n) is 2.55. The second kappa shape index (κ2) is 7.90. The van der Waals surface area contributed by atoms with Crippen LogP contribution in [0.25, 0.3) is 0 Å². The van der Waals surface area contributed by atoms with Gasteiger partial charge in [0.25, 0.3) is 0 Å². The zero-order valence-electron chi connectivity index (χ0n) is 14.5. The number of morpholine rings is 1. The summed E-state index contributed by atoms with van der Waals surface area (Å²) in [4.78, 5) is 14.5. The number of hydrogen-bond donors (Lipinski definition) is 2. The van der Waals surface area contributed by atoms with E-state index in [0.717, 1.165) is 38.4 Å². The summed E-state index contributed by atoms with van der Waals surface area (Å²) in [5, 5.41) is 2.94. The van der Waals surface area contributed by atoms with E-state index in [0.29, 0.717) is 6.54 Å². The molecule has 0 unspecified atom stereocenters. The second-order valence-electron chi connectivity index (χ2n) is 7.27. The van der Waals surface area contributed by atoms with Crippen molar-refractivity contribution >= 4 is 5.91 Å². The molecule has 0 spiro atoms. The van der Waals surface area contributed by atoms with Crippen LogP contribution in [0.15, 0.2) is 24.3 Å². The molecule has 23 heavy (non-hydrogen) atoms. The van der Waals surface area contributed by atoms with Crippen molar-refractivity contribution in [2.24, 2.45) is 11.1 Å². The van der Waals surface area contributed by atoms with Gasteiger partial charge in [0.2, 0.25) is 5.91 Å². The number of ether oxygens (including phenoxy) is 1. The molecule has 0 aliphatic carbocycles. The minimum absolute atomic E-state index is 0.101. The van der Waals surface area contributed by atoms with Crippen LogP contribution in [0.5, 0.6) is 0 Å². The molecule has 0 aromatic heterocycles. The number of amides is 1. The van der Waals surface area contributed by atoms with Crippen molar-refractivity contribution in [2.45, 2.75) is 39.9 Å². The maximum Gasteiger partial charge on any atom is 0.237 e. The fourth-order valence-corrected chi connectivity index (χ4v) is 2.55. The first-order valence-electron chi connectivity index (χ1n) is 8.27. The number of benzene rings is 1. The van der Waals surface area contributed by atoms with Gasteiger partial charge in [-0.15, -0.1) is 0 Å². The molecule has 1 aromatic carbocycles. The average Bonchev–Trinajstić information content (AvgIpc) is 2.52. The fraction of sp³-hybridized carbons (Fsp3) is 0.611. The summed E-state index contributed by atoms with van der Waals surface area (Å²) in [6.07, 6.45) is 0. The highest BCUT2D eigenvalue weighted by atomic mass is 16.5. The summed E-state index contributed by atoms with van der Waals surface area (Å²) in [5.74, 6) is -0.101. The Morgan fingerprint density at radius 1 is 1.30 bits per heavy atom. The summed E-state index contributed by atoms with van der Waals surface area (Å²) in [6, 6.07) is 7.85. The number of rotatable bonds is 5. The van der Waals surface area contributed by atoms with E-state index in [1.165, 1.54) is 5.56 Å². The molecule has 2 rings (SSSR count). The normalized spacial score (nSPS) is 17.7. The molecule has 5 heteroatoms. The molecule has 3 N–H and O–H groups in total. The van der Waals surface area contributed by atoms with Gasteiger partial charge in [-0.1, -0.05) is 45.0 Å². The van der Waals surface area contributed by atoms with Gasteiger partial charge in [0.1, 0.15) is 0 Å². The summed E-state index contributed by atoms with van der Waals surface area (Å²) in [6.45, 7) is 10.9. The number of carbonyl (C=O) groups is 1. The lowest BCUT2D eigenvalue weighted by Gasteiger charge is -2.27. The molecule has 1 amide bonds. The molecule has 1 aromatic rings. The lowest BCUT2D eigenvalue weighted by Crippen LogP contribution is -2.48. The molecule has 0 saturated carbocycles. The quantitative estimate of drug-likeness (QED) is 0.863. The SMILES string of the molecule is CC(C)(C)[C@H](N)C(=O)NCc1cccc(CN2CCOCC2)c1. The van der Waals surface area contributed by atoms with Crippen molar-refractivity contribution in [1.82, 2.24) is 10.2 Å². The van der Waals surface area contributed by atoms with Gasteiger partial charge in [-0.25, -0.2) is 0 Å². The van der Waals surface area contributed by atoms with Crippen molar-refractivity contribution in [3.63, 3.8) is 0 Å². The van der Waals surface area contributed by atoms with Crippen LogP contribution in [0, 0.1) is 5.41 Å². The molecule has 1 aliphatic heterocycles. The molecule has 1 saturated heterocycles. The third-order valence-electron chi connectivity index (χ3n) is 4.18. The van der Waals surface area contributed by atoms with E-state index >= 15 is 0 Å². The van der Waals surface area contributed by atoms with Crippen LogP contribution < -0.4 is 11.1 Å². The van der Waals surface area contributed by atoms with Crippen molar-refractivity contribution in [3.05, 3.63) is 35.4 Å². The lowest BCUT2D eigenvalue weighted by molar-refractivity contribution is -0.124. The van der Waals surface area contributed by atoms with Gasteiger partial charge in [0.05, 0.1) is 19.3 Å². The van der Waals surface area contributed by atoms with E-state index in [2.05, 4.69) is 22.3 Å². The van der Waals surface area contributed by atoms with E-state index in [-0.39, 0.29) is 11.3 Å². The van der Waals surface area contributed by atoms with Crippen LogP contribution in [0.1, 0.15) is 31.9 Å². The summed E-state index contributed by atoms with van der Waals surface area (Å²) in [7, 11) is 0. The summed E-state index contributed by atoms with van der Waals surface area (Å²) in [5.41, 5.74) is 8.11. The Labute approximate surface area is 139 Å². The molecule has 0 bridgehead atoms. The topological polar surface area (TPSA) is 67.6 Å². The van der Waals surface area contributed by atoms with Gasteiger partial charge >= 0.3 is 0 Å². The van der Waals surface area contributed by atoms with E-state index in [1.54, 1.807) is 0 Å². The van der Waals surface area contributed by atoms with Crippen molar-refractivity contribution < 1.29 is 9.53 Å². The van der Waals surface area contributed by atoms with Crippen LogP contribution in [-0.2, 0) is 22.6 Å². The van der Waals surface area contributed by atoms with E-state index in [1.807, 2.05) is 32.9 Å². The Hall–Kier alpha value is -1.43. The lowest BCUT2D eigenvalue weighted by atomic mass is 9.87. The maximum atomic E-state index is 12.1.